The highest BCUT2D eigenvalue weighted by atomic mass is 16.5. The Morgan fingerprint density at radius 2 is 2.33 bits per heavy atom. The van der Waals surface area contributed by atoms with E-state index in [-0.39, 0.29) is 12.5 Å². The molecule has 0 aliphatic carbocycles. The molecule has 15 heavy (non-hydrogen) atoms. The van der Waals surface area contributed by atoms with Crippen molar-refractivity contribution in [3.05, 3.63) is 23.9 Å². The summed E-state index contributed by atoms with van der Waals surface area (Å²) in [6, 6.07) is 5.30. The van der Waals surface area contributed by atoms with E-state index < -0.39 is 0 Å². The summed E-state index contributed by atoms with van der Waals surface area (Å²) >= 11 is 0. The van der Waals surface area contributed by atoms with E-state index in [1.54, 1.807) is 18.2 Å². The quantitative estimate of drug-likeness (QED) is 0.539. The van der Waals surface area contributed by atoms with Crippen molar-refractivity contribution in [3.63, 3.8) is 0 Å². The van der Waals surface area contributed by atoms with Crippen LogP contribution < -0.4 is 4.74 Å². The summed E-state index contributed by atoms with van der Waals surface area (Å²) in [6.45, 7) is -0.00457. The lowest BCUT2D eigenvalue weighted by Gasteiger charge is -1.98. The maximum atomic E-state index is 10.7. The predicted molar refractivity (Wildman–Crippen MR) is 55.3 cm³/mol. The number of esters is 1. The molecule has 5 nitrogen and oxygen atoms in total. The molecule has 1 aromatic heterocycles. The van der Waals surface area contributed by atoms with Crippen LogP contribution in [0.25, 0.3) is 0 Å². The van der Waals surface area contributed by atoms with Gasteiger partial charge in [-0.15, -0.1) is 0 Å². The molecule has 1 heterocycles. The number of ether oxygens (including phenoxy) is 2. The number of methoxy groups -OCH3 is 2. The summed E-state index contributed by atoms with van der Waals surface area (Å²) in [5.41, 5.74) is 0.637. The highest BCUT2D eigenvalue weighted by Gasteiger charge is 1.96. The van der Waals surface area contributed by atoms with E-state index in [9.17, 15) is 4.79 Å². The van der Waals surface area contributed by atoms with Crippen LogP contribution in [-0.2, 0) is 9.53 Å². The van der Waals surface area contributed by atoms with Crippen LogP contribution in [0.4, 0.5) is 0 Å². The van der Waals surface area contributed by atoms with Gasteiger partial charge in [0.15, 0.2) is 0 Å². The van der Waals surface area contributed by atoms with E-state index in [0.717, 1.165) is 0 Å². The average Bonchev–Trinajstić information content (AvgIpc) is 2.29. The molecule has 0 bridgehead atoms. The molecule has 0 unspecified atom stereocenters. The number of hydrogen-bond acceptors (Lipinski definition) is 5. The Hall–Kier alpha value is -1.91. The molecular formula is C10H12N2O3. The van der Waals surface area contributed by atoms with Crippen LogP contribution >= 0.6 is 0 Å². The largest absolute Gasteiger partial charge is 0.481 e. The second kappa shape index (κ2) is 5.74. The van der Waals surface area contributed by atoms with Crippen LogP contribution in [0.15, 0.2) is 23.2 Å². The molecule has 5 heteroatoms. The van der Waals surface area contributed by atoms with Crippen molar-refractivity contribution in [2.75, 3.05) is 20.8 Å². The Morgan fingerprint density at radius 3 is 3.00 bits per heavy atom. The van der Waals surface area contributed by atoms with Gasteiger partial charge in [-0.25, -0.2) is 4.98 Å². The third-order valence-corrected chi connectivity index (χ3v) is 1.63. The van der Waals surface area contributed by atoms with Crippen molar-refractivity contribution in [3.8, 4) is 5.88 Å². The summed E-state index contributed by atoms with van der Waals surface area (Å²) < 4.78 is 9.37. The van der Waals surface area contributed by atoms with Crippen LogP contribution in [0.3, 0.4) is 0 Å². The van der Waals surface area contributed by atoms with E-state index in [1.165, 1.54) is 20.4 Å². The average molecular weight is 208 g/mol. The van der Waals surface area contributed by atoms with Crippen molar-refractivity contribution < 1.29 is 14.3 Å². The van der Waals surface area contributed by atoms with Crippen LogP contribution in [0.2, 0.25) is 0 Å². The first-order chi connectivity index (χ1) is 7.26. The number of aromatic nitrogens is 1. The molecule has 1 rings (SSSR count). The Bertz CT molecular complexity index is 363. The first-order valence-electron chi connectivity index (χ1n) is 4.34. The molecule has 0 aliphatic heterocycles. The number of carbonyl (C=O) groups excluding carboxylic acids is 1. The van der Waals surface area contributed by atoms with Crippen LogP contribution in [0, 0.1) is 0 Å². The van der Waals surface area contributed by atoms with E-state index in [1.807, 2.05) is 0 Å². The molecule has 0 amide bonds. The van der Waals surface area contributed by atoms with Gasteiger partial charge in [0.1, 0.15) is 6.54 Å². The molecule has 1 aromatic rings. The number of aliphatic imine (C=N–C) groups is 1. The van der Waals surface area contributed by atoms with Gasteiger partial charge < -0.3 is 9.47 Å². The zero-order valence-corrected chi connectivity index (χ0v) is 8.64. The van der Waals surface area contributed by atoms with Crippen molar-refractivity contribution in [1.82, 2.24) is 4.98 Å². The van der Waals surface area contributed by atoms with E-state index >= 15 is 0 Å². The molecule has 0 saturated carbocycles. The Morgan fingerprint density at radius 1 is 1.53 bits per heavy atom. The summed E-state index contributed by atoms with van der Waals surface area (Å²) in [6.07, 6.45) is 1.50. The minimum Gasteiger partial charge on any atom is -0.481 e. The standard InChI is InChI=1S/C10H12N2O3/c1-14-9-5-3-4-8(12-9)6-11-7-10(13)15-2/h3-6H,7H2,1-2H3. The molecular weight excluding hydrogens is 196 g/mol. The Labute approximate surface area is 87.8 Å². The zero-order valence-electron chi connectivity index (χ0n) is 8.64. The van der Waals surface area contributed by atoms with Crippen molar-refractivity contribution in [2.45, 2.75) is 0 Å². The Kier molecular flexibility index (Phi) is 4.28. The van der Waals surface area contributed by atoms with Gasteiger partial charge in [0.25, 0.3) is 0 Å². The minimum absolute atomic E-state index is 0.00457. The third-order valence-electron chi connectivity index (χ3n) is 1.63. The number of rotatable bonds is 4. The lowest BCUT2D eigenvalue weighted by Crippen LogP contribution is -2.04. The molecule has 0 aromatic carbocycles. The smallest absolute Gasteiger partial charge is 0.327 e. The highest BCUT2D eigenvalue weighted by molar-refractivity contribution is 5.80. The minimum atomic E-state index is -0.380. The predicted octanol–water partition coefficient (Wildman–Crippen LogP) is 0.682. The normalized spacial score (nSPS) is 10.3. The van der Waals surface area contributed by atoms with Crippen molar-refractivity contribution in [1.29, 1.82) is 0 Å². The first-order valence-corrected chi connectivity index (χ1v) is 4.34. The summed E-state index contributed by atoms with van der Waals surface area (Å²) in [7, 11) is 2.86. The molecule has 0 spiro atoms. The maximum Gasteiger partial charge on any atom is 0.327 e. The van der Waals surface area contributed by atoms with Crippen LogP contribution in [0.5, 0.6) is 5.88 Å². The third kappa shape index (κ3) is 3.76. The lowest BCUT2D eigenvalue weighted by molar-refractivity contribution is -0.138. The van der Waals surface area contributed by atoms with Gasteiger partial charge in [-0.2, -0.15) is 0 Å². The zero-order chi connectivity index (χ0) is 11.1. The van der Waals surface area contributed by atoms with Crippen LogP contribution in [0.1, 0.15) is 5.69 Å². The summed E-state index contributed by atoms with van der Waals surface area (Å²) in [5.74, 6) is 0.131. The fourth-order valence-electron chi connectivity index (χ4n) is 0.895. The monoisotopic (exact) mass is 208 g/mol. The molecule has 0 aliphatic rings. The van der Waals surface area contributed by atoms with Gasteiger partial charge in [-0.1, -0.05) is 6.07 Å². The van der Waals surface area contributed by atoms with Gasteiger partial charge >= 0.3 is 5.97 Å². The molecule has 0 N–H and O–H groups in total. The number of nitrogens with zero attached hydrogens (tertiary/aromatic N) is 2. The molecule has 80 valence electrons. The topological polar surface area (TPSA) is 60.8 Å². The molecule has 0 fully saturated rings. The van der Waals surface area contributed by atoms with Crippen molar-refractivity contribution in [2.24, 2.45) is 4.99 Å². The van der Waals surface area contributed by atoms with E-state index in [4.69, 9.17) is 4.74 Å². The van der Waals surface area contributed by atoms with Crippen molar-refractivity contribution >= 4 is 12.2 Å². The number of pyridine rings is 1. The second-order valence-electron chi connectivity index (χ2n) is 2.65. The second-order valence-corrected chi connectivity index (χ2v) is 2.65. The van der Waals surface area contributed by atoms with Crippen LogP contribution in [-0.4, -0.2) is 37.9 Å². The fraction of sp³-hybridized carbons (Fsp3) is 0.300. The lowest BCUT2D eigenvalue weighted by atomic mass is 10.4. The summed E-state index contributed by atoms with van der Waals surface area (Å²) in [5, 5.41) is 0. The number of hydrogen-bond donors (Lipinski definition) is 0. The maximum absolute atomic E-state index is 10.7. The first kappa shape index (κ1) is 11.2. The SMILES string of the molecule is COC(=O)CN=Cc1cccc(OC)n1. The highest BCUT2D eigenvalue weighted by Crippen LogP contribution is 2.04. The van der Waals surface area contributed by atoms with E-state index in [0.29, 0.717) is 11.6 Å². The molecule has 0 radical (unpaired) electrons. The summed E-state index contributed by atoms with van der Waals surface area (Å²) in [4.78, 5) is 18.7. The van der Waals surface area contributed by atoms with Gasteiger partial charge in [0.2, 0.25) is 5.88 Å². The van der Waals surface area contributed by atoms with Gasteiger partial charge in [0, 0.05) is 12.3 Å². The molecule has 0 atom stereocenters. The number of carbonyl (C=O) groups is 1. The van der Waals surface area contributed by atoms with Gasteiger partial charge in [0.05, 0.1) is 19.9 Å². The molecule has 0 saturated heterocycles. The Balaban J connectivity index is 2.59. The van der Waals surface area contributed by atoms with Gasteiger partial charge in [-0.3, -0.25) is 9.79 Å². The van der Waals surface area contributed by atoms with E-state index in [2.05, 4.69) is 14.7 Å². The fourth-order valence-corrected chi connectivity index (χ4v) is 0.895. The van der Waals surface area contributed by atoms with Gasteiger partial charge in [-0.05, 0) is 6.07 Å².